The van der Waals surface area contributed by atoms with Gasteiger partial charge in [-0.15, -0.1) is 0 Å². The summed E-state index contributed by atoms with van der Waals surface area (Å²) in [5, 5.41) is 8.29. The van der Waals surface area contributed by atoms with E-state index in [9.17, 15) is 4.79 Å². The molecule has 140 valence electrons. The van der Waals surface area contributed by atoms with Gasteiger partial charge in [-0.3, -0.25) is 4.79 Å². The van der Waals surface area contributed by atoms with E-state index in [1.807, 2.05) is 49.7 Å². The molecule has 0 spiro atoms. The molecule has 27 heavy (non-hydrogen) atoms. The number of aromatic nitrogens is 2. The molecular weight excluding hydrogens is 385 g/mol. The third-order valence-electron chi connectivity index (χ3n) is 4.04. The standard InChI is InChI=1S/C20H19Cl2N3O2/c1-12-4-6-17(7-5-12)25-14(3)20(13(2)24-25)23-19(26)11-27-18-9-15(21)8-16(22)10-18/h4-10H,11H2,1-3H3,(H,23,26). The van der Waals surface area contributed by atoms with Gasteiger partial charge in [0.2, 0.25) is 0 Å². The minimum absolute atomic E-state index is 0.161. The molecule has 1 N–H and O–H groups in total. The van der Waals surface area contributed by atoms with Crippen molar-refractivity contribution in [2.24, 2.45) is 0 Å². The smallest absolute Gasteiger partial charge is 0.262 e. The van der Waals surface area contributed by atoms with Gasteiger partial charge >= 0.3 is 0 Å². The predicted octanol–water partition coefficient (Wildman–Crippen LogP) is 5.12. The van der Waals surface area contributed by atoms with Crippen LogP contribution in [0.4, 0.5) is 5.69 Å². The lowest BCUT2D eigenvalue weighted by molar-refractivity contribution is -0.118. The van der Waals surface area contributed by atoms with E-state index < -0.39 is 0 Å². The fourth-order valence-corrected chi connectivity index (χ4v) is 3.20. The van der Waals surface area contributed by atoms with E-state index in [4.69, 9.17) is 27.9 Å². The van der Waals surface area contributed by atoms with Crippen LogP contribution in [0.3, 0.4) is 0 Å². The minimum atomic E-state index is -0.291. The van der Waals surface area contributed by atoms with Gasteiger partial charge in [0.15, 0.2) is 6.61 Å². The van der Waals surface area contributed by atoms with Crippen LogP contribution in [0, 0.1) is 20.8 Å². The van der Waals surface area contributed by atoms with Crippen LogP contribution in [0.1, 0.15) is 17.0 Å². The molecule has 3 rings (SSSR count). The number of nitrogens with zero attached hydrogens (tertiary/aromatic N) is 2. The molecule has 0 atom stereocenters. The van der Waals surface area contributed by atoms with E-state index in [2.05, 4.69) is 10.4 Å². The number of halogens is 2. The van der Waals surface area contributed by atoms with Crippen LogP contribution < -0.4 is 10.1 Å². The van der Waals surface area contributed by atoms with Crippen LogP contribution in [0.25, 0.3) is 5.69 Å². The second-order valence-electron chi connectivity index (χ2n) is 6.24. The maximum absolute atomic E-state index is 12.3. The Morgan fingerprint density at radius 3 is 2.33 bits per heavy atom. The third-order valence-corrected chi connectivity index (χ3v) is 4.48. The second kappa shape index (κ2) is 8.03. The summed E-state index contributed by atoms with van der Waals surface area (Å²) in [7, 11) is 0. The number of amides is 1. The van der Waals surface area contributed by atoms with E-state index in [0.717, 1.165) is 17.1 Å². The fraction of sp³-hybridized carbons (Fsp3) is 0.200. The lowest BCUT2D eigenvalue weighted by atomic mass is 10.2. The Kier molecular flexibility index (Phi) is 5.73. The Morgan fingerprint density at radius 2 is 1.70 bits per heavy atom. The number of benzene rings is 2. The van der Waals surface area contributed by atoms with Crippen molar-refractivity contribution >= 4 is 34.8 Å². The van der Waals surface area contributed by atoms with Gasteiger partial charge in [-0.1, -0.05) is 40.9 Å². The van der Waals surface area contributed by atoms with E-state index in [-0.39, 0.29) is 12.5 Å². The van der Waals surface area contributed by atoms with Gasteiger partial charge in [0.05, 0.1) is 22.8 Å². The Hall–Kier alpha value is -2.50. The SMILES string of the molecule is Cc1ccc(-n2nc(C)c(NC(=O)COc3cc(Cl)cc(Cl)c3)c2C)cc1. The highest BCUT2D eigenvalue weighted by Gasteiger charge is 2.15. The summed E-state index contributed by atoms with van der Waals surface area (Å²) in [6.45, 7) is 5.63. The zero-order valence-electron chi connectivity index (χ0n) is 15.2. The molecule has 7 heteroatoms. The number of hydrogen-bond acceptors (Lipinski definition) is 3. The Balaban J connectivity index is 1.71. The molecule has 0 aliphatic carbocycles. The maximum Gasteiger partial charge on any atom is 0.262 e. The summed E-state index contributed by atoms with van der Waals surface area (Å²) in [5.41, 5.74) is 4.36. The first kappa shape index (κ1) is 19.3. The molecule has 0 bridgehead atoms. The van der Waals surface area contributed by atoms with Gasteiger partial charge in [0.25, 0.3) is 5.91 Å². The molecule has 2 aromatic carbocycles. The first-order chi connectivity index (χ1) is 12.8. The van der Waals surface area contributed by atoms with E-state index in [1.165, 1.54) is 5.56 Å². The normalized spacial score (nSPS) is 10.7. The van der Waals surface area contributed by atoms with Crippen LogP contribution in [0.15, 0.2) is 42.5 Å². The molecule has 5 nitrogen and oxygen atoms in total. The fourth-order valence-electron chi connectivity index (χ4n) is 2.70. The zero-order chi connectivity index (χ0) is 19.6. The van der Waals surface area contributed by atoms with Crippen molar-refractivity contribution < 1.29 is 9.53 Å². The molecule has 0 saturated heterocycles. The molecule has 0 aliphatic heterocycles. The van der Waals surface area contributed by atoms with Crippen molar-refractivity contribution in [3.8, 4) is 11.4 Å². The topological polar surface area (TPSA) is 56.2 Å². The molecule has 0 fully saturated rings. The highest BCUT2D eigenvalue weighted by atomic mass is 35.5. The largest absolute Gasteiger partial charge is 0.484 e. The first-order valence-electron chi connectivity index (χ1n) is 8.35. The van der Waals surface area contributed by atoms with Crippen molar-refractivity contribution in [2.45, 2.75) is 20.8 Å². The number of rotatable bonds is 5. The number of aryl methyl sites for hydroxylation is 2. The van der Waals surface area contributed by atoms with Crippen molar-refractivity contribution in [2.75, 3.05) is 11.9 Å². The van der Waals surface area contributed by atoms with Gasteiger partial charge < -0.3 is 10.1 Å². The molecule has 0 aliphatic rings. The molecule has 0 saturated carbocycles. The number of ether oxygens (including phenoxy) is 1. The van der Waals surface area contributed by atoms with Gasteiger partial charge in [-0.2, -0.15) is 5.10 Å². The summed E-state index contributed by atoms with van der Waals surface area (Å²) in [6.07, 6.45) is 0. The predicted molar refractivity (Wildman–Crippen MR) is 108 cm³/mol. The molecule has 1 amide bonds. The Morgan fingerprint density at radius 1 is 1.07 bits per heavy atom. The van der Waals surface area contributed by atoms with Crippen molar-refractivity contribution in [1.29, 1.82) is 0 Å². The number of nitrogens with one attached hydrogen (secondary N) is 1. The van der Waals surface area contributed by atoms with Gasteiger partial charge in [0.1, 0.15) is 5.75 Å². The van der Waals surface area contributed by atoms with E-state index in [1.54, 1.807) is 18.2 Å². The summed E-state index contributed by atoms with van der Waals surface area (Å²) >= 11 is 11.9. The minimum Gasteiger partial charge on any atom is -0.484 e. The molecule has 0 unspecified atom stereocenters. The first-order valence-corrected chi connectivity index (χ1v) is 9.11. The second-order valence-corrected chi connectivity index (χ2v) is 7.11. The average molecular weight is 404 g/mol. The highest BCUT2D eigenvalue weighted by Crippen LogP contribution is 2.25. The molecular formula is C20H19Cl2N3O2. The molecule has 3 aromatic rings. The zero-order valence-corrected chi connectivity index (χ0v) is 16.7. The molecule has 0 radical (unpaired) electrons. The van der Waals surface area contributed by atoms with Crippen LogP contribution >= 0.6 is 23.2 Å². The number of hydrogen-bond donors (Lipinski definition) is 1. The van der Waals surface area contributed by atoms with Crippen LogP contribution in [0.5, 0.6) is 5.75 Å². The van der Waals surface area contributed by atoms with Gasteiger partial charge in [-0.05, 0) is 51.1 Å². The third kappa shape index (κ3) is 4.62. The van der Waals surface area contributed by atoms with Crippen LogP contribution in [-0.2, 0) is 4.79 Å². The maximum atomic E-state index is 12.3. The Bertz CT molecular complexity index is 961. The Labute approximate surface area is 167 Å². The number of carbonyl (C=O) groups is 1. The lowest BCUT2D eigenvalue weighted by Gasteiger charge is -2.09. The summed E-state index contributed by atoms with van der Waals surface area (Å²) in [6, 6.07) is 12.8. The average Bonchev–Trinajstić information content (AvgIpc) is 2.88. The summed E-state index contributed by atoms with van der Waals surface area (Å²) in [4.78, 5) is 12.3. The monoisotopic (exact) mass is 403 g/mol. The summed E-state index contributed by atoms with van der Waals surface area (Å²) in [5.74, 6) is 0.146. The van der Waals surface area contributed by atoms with E-state index >= 15 is 0 Å². The lowest BCUT2D eigenvalue weighted by Crippen LogP contribution is -2.21. The highest BCUT2D eigenvalue weighted by molar-refractivity contribution is 6.34. The summed E-state index contributed by atoms with van der Waals surface area (Å²) < 4.78 is 7.29. The van der Waals surface area contributed by atoms with Crippen molar-refractivity contribution in [1.82, 2.24) is 9.78 Å². The van der Waals surface area contributed by atoms with Crippen molar-refractivity contribution in [3.05, 3.63) is 69.5 Å². The molecule has 1 heterocycles. The van der Waals surface area contributed by atoms with E-state index in [0.29, 0.717) is 21.5 Å². The van der Waals surface area contributed by atoms with Crippen molar-refractivity contribution in [3.63, 3.8) is 0 Å². The number of carbonyl (C=O) groups excluding carboxylic acids is 1. The quantitative estimate of drug-likeness (QED) is 0.642. The van der Waals surface area contributed by atoms with Gasteiger partial charge in [0, 0.05) is 10.0 Å². The van der Waals surface area contributed by atoms with Crippen LogP contribution in [0.2, 0.25) is 10.0 Å². The number of anilines is 1. The van der Waals surface area contributed by atoms with Crippen LogP contribution in [-0.4, -0.2) is 22.3 Å². The van der Waals surface area contributed by atoms with Gasteiger partial charge in [-0.25, -0.2) is 4.68 Å². The molecule has 1 aromatic heterocycles.